The summed E-state index contributed by atoms with van der Waals surface area (Å²) < 4.78 is 1.91. The average molecular weight is 236 g/mol. The quantitative estimate of drug-likeness (QED) is 0.857. The largest absolute Gasteiger partial charge is 0.330 e. The van der Waals surface area contributed by atoms with Crippen molar-refractivity contribution in [2.45, 2.75) is 32.7 Å². The van der Waals surface area contributed by atoms with Gasteiger partial charge in [0.25, 0.3) is 0 Å². The van der Waals surface area contributed by atoms with E-state index >= 15 is 0 Å². The van der Waals surface area contributed by atoms with Crippen molar-refractivity contribution >= 4 is 0 Å². The molecule has 0 aromatic carbocycles. The maximum Gasteiger partial charge on any atom is 0.0638 e. The third kappa shape index (κ3) is 3.30. The smallest absolute Gasteiger partial charge is 0.0638 e. The Labute approximate surface area is 104 Å². The van der Waals surface area contributed by atoms with E-state index in [1.165, 1.54) is 37.9 Å². The molecule has 0 amide bonds. The molecule has 1 aliphatic heterocycles. The Morgan fingerprint density at radius 3 is 3.00 bits per heavy atom. The highest BCUT2D eigenvalue weighted by Gasteiger charge is 2.20. The Balaban J connectivity index is 1.92. The first kappa shape index (κ1) is 12.6. The van der Waals surface area contributed by atoms with Gasteiger partial charge >= 0.3 is 0 Å². The van der Waals surface area contributed by atoms with Crippen LogP contribution in [0, 0.1) is 12.8 Å². The third-order valence-electron chi connectivity index (χ3n) is 3.69. The average Bonchev–Trinajstić information content (AvgIpc) is 2.58. The highest BCUT2D eigenvalue weighted by molar-refractivity contribution is 5.15. The number of piperidine rings is 1. The maximum atomic E-state index is 5.65. The Bertz CT molecular complexity index is 356. The number of hydrogen-bond donors (Lipinski definition) is 1. The number of hydrogen-bond acceptors (Lipinski definition) is 3. The molecule has 0 radical (unpaired) electrons. The fourth-order valence-electron chi connectivity index (χ4n) is 2.81. The SMILES string of the molecule is Cc1nn(C)cc1CN1CCCC(CCN)C1. The zero-order valence-electron chi connectivity index (χ0n) is 11.0. The van der Waals surface area contributed by atoms with Gasteiger partial charge in [-0.2, -0.15) is 5.10 Å². The lowest BCUT2D eigenvalue weighted by molar-refractivity contribution is 0.163. The van der Waals surface area contributed by atoms with Gasteiger partial charge < -0.3 is 5.73 Å². The van der Waals surface area contributed by atoms with Crippen LogP contribution in [0.5, 0.6) is 0 Å². The minimum atomic E-state index is 0.797. The van der Waals surface area contributed by atoms with Crippen LogP contribution in [0.15, 0.2) is 6.20 Å². The maximum absolute atomic E-state index is 5.65. The summed E-state index contributed by atoms with van der Waals surface area (Å²) in [6.07, 6.45) is 5.97. The molecule has 4 heteroatoms. The van der Waals surface area contributed by atoms with Crippen molar-refractivity contribution in [3.05, 3.63) is 17.5 Å². The number of nitrogens with zero attached hydrogens (tertiary/aromatic N) is 3. The normalized spacial score (nSPS) is 21.9. The second-order valence-electron chi connectivity index (χ2n) is 5.23. The molecule has 2 rings (SSSR count). The standard InChI is InChI=1S/C13H24N4/c1-11-13(9-16(2)15-11)10-17-7-3-4-12(8-17)5-6-14/h9,12H,3-8,10,14H2,1-2H3. The molecule has 2 N–H and O–H groups in total. The number of aromatic nitrogens is 2. The van der Waals surface area contributed by atoms with Gasteiger partial charge in [0, 0.05) is 31.9 Å². The minimum absolute atomic E-state index is 0.797. The first-order valence-corrected chi connectivity index (χ1v) is 6.60. The Morgan fingerprint density at radius 1 is 1.53 bits per heavy atom. The fourth-order valence-corrected chi connectivity index (χ4v) is 2.81. The molecule has 0 spiro atoms. The van der Waals surface area contributed by atoms with Crippen LogP contribution in [-0.2, 0) is 13.6 Å². The second kappa shape index (κ2) is 5.65. The second-order valence-corrected chi connectivity index (χ2v) is 5.23. The van der Waals surface area contributed by atoms with Crippen molar-refractivity contribution in [1.82, 2.24) is 14.7 Å². The monoisotopic (exact) mass is 236 g/mol. The first-order chi connectivity index (χ1) is 8.19. The molecular formula is C13H24N4. The van der Waals surface area contributed by atoms with Crippen molar-refractivity contribution < 1.29 is 0 Å². The van der Waals surface area contributed by atoms with Crippen molar-refractivity contribution in [1.29, 1.82) is 0 Å². The summed E-state index contributed by atoms with van der Waals surface area (Å²) in [5, 5.41) is 4.40. The van der Waals surface area contributed by atoms with Gasteiger partial charge in [-0.25, -0.2) is 0 Å². The van der Waals surface area contributed by atoms with Gasteiger partial charge in [0.05, 0.1) is 5.69 Å². The molecule has 1 aliphatic rings. The Hall–Kier alpha value is -0.870. The van der Waals surface area contributed by atoms with Crippen LogP contribution in [0.1, 0.15) is 30.5 Å². The topological polar surface area (TPSA) is 47.1 Å². The van der Waals surface area contributed by atoms with Crippen LogP contribution >= 0.6 is 0 Å². The van der Waals surface area contributed by atoms with E-state index in [0.717, 1.165) is 24.7 Å². The van der Waals surface area contributed by atoms with E-state index in [-0.39, 0.29) is 0 Å². The number of likely N-dealkylation sites (tertiary alicyclic amines) is 1. The van der Waals surface area contributed by atoms with Crippen molar-refractivity contribution in [2.24, 2.45) is 18.7 Å². The molecule has 0 bridgehead atoms. The zero-order valence-corrected chi connectivity index (χ0v) is 11.0. The van der Waals surface area contributed by atoms with Crippen molar-refractivity contribution in [3.63, 3.8) is 0 Å². The van der Waals surface area contributed by atoms with Gasteiger partial charge in [0.1, 0.15) is 0 Å². The predicted octanol–water partition coefficient (Wildman–Crippen LogP) is 1.29. The van der Waals surface area contributed by atoms with E-state index in [1.807, 2.05) is 11.7 Å². The molecule has 4 nitrogen and oxygen atoms in total. The van der Waals surface area contributed by atoms with Gasteiger partial charge in [0.2, 0.25) is 0 Å². The highest BCUT2D eigenvalue weighted by atomic mass is 15.3. The molecule has 1 unspecified atom stereocenters. The zero-order chi connectivity index (χ0) is 12.3. The summed E-state index contributed by atoms with van der Waals surface area (Å²) in [6, 6.07) is 0. The van der Waals surface area contributed by atoms with E-state index < -0.39 is 0 Å². The summed E-state index contributed by atoms with van der Waals surface area (Å²) in [5.74, 6) is 0.797. The summed E-state index contributed by atoms with van der Waals surface area (Å²) in [4.78, 5) is 2.55. The Morgan fingerprint density at radius 2 is 2.35 bits per heavy atom. The molecule has 2 heterocycles. The molecule has 1 saturated heterocycles. The molecular weight excluding hydrogens is 212 g/mol. The number of nitrogens with two attached hydrogens (primary N) is 1. The molecule has 96 valence electrons. The molecule has 1 atom stereocenters. The van der Waals surface area contributed by atoms with Crippen molar-refractivity contribution in [2.75, 3.05) is 19.6 Å². The summed E-state index contributed by atoms with van der Waals surface area (Å²) in [5.41, 5.74) is 8.18. The molecule has 0 aliphatic carbocycles. The lowest BCUT2D eigenvalue weighted by Gasteiger charge is -2.32. The third-order valence-corrected chi connectivity index (χ3v) is 3.69. The van der Waals surface area contributed by atoms with E-state index in [0.29, 0.717) is 0 Å². The van der Waals surface area contributed by atoms with Gasteiger partial charge in [-0.05, 0) is 45.2 Å². The van der Waals surface area contributed by atoms with E-state index in [2.05, 4.69) is 23.1 Å². The van der Waals surface area contributed by atoms with Crippen LogP contribution in [0.3, 0.4) is 0 Å². The lowest BCUT2D eigenvalue weighted by Crippen LogP contribution is -2.35. The van der Waals surface area contributed by atoms with Crippen molar-refractivity contribution in [3.8, 4) is 0 Å². The van der Waals surface area contributed by atoms with Crippen LogP contribution in [-0.4, -0.2) is 34.3 Å². The van der Waals surface area contributed by atoms with Gasteiger partial charge in [-0.1, -0.05) is 0 Å². The van der Waals surface area contributed by atoms with Gasteiger partial charge in [-0.15, -0.1) is 0 Å². The first-order valence-electron chi connectivity index (χ1n) is 6.60. The summed E-state index contributed by atoms with van der Waals surface area (Å²) in [6.45, 7) is 6.38. The van der Waals surface area contributed by atoms with E-state index in [4.69, 9.17) is 5.73 Å². The molecule has 1 aromatic heterocycles. The molecule has 1 aromatic rings. The molecule has 0 saturated carbocycles. The summed E-state index contributed by atoms with van der Waals surface area (Å²) >= 11 is 0. The number of rotatable bonds is 4. The highest BCUT2D eigenvalue weighted by Crippen LogP contribution is 2.21. The fraction of sp³-hybridized carbons (Fsp3) is 0.769. The van der Waals surface area contributed by atoms with E-state index in [1.54, 1.807) is 0 Å². The van der Waals surface area contributed by atoms with E-state index in [9.17, 15) is 0 Å². The Kier molecular flexibility index (Phi) is 4.18. The van der Waals surface area contributed by atoms with Gasteiger partial charge in [-0.3, -0.25) is 9.58 Å². The van der Waals surface area contributed by atoms with Gasteiger partial charge in [0.15, 0.2) is 0 Å². The molecule has 1 fully saturated rings. The van der Waals surface area contributed by atoms with Crippen LogP contribution in [0.2, 0.25) is 0 Å². The summed E-state index contributed by atoms with van der Waals surface area (Å²) in [7, 11) is 1.99. The van der Waals surface area contributed by atoms with Crippen LogP contribution < -0.4 is 5.73 Å². The molecule has 17 heavy (non-hydrogen) atoms. The van der Waals surface area contributed by atoms with Crippen LogP contribution in [0.4, 0.5) is 0 Å². The lowest BCUT2D eigenvalue weighted by atomic mass is 9.94. The van der Waals surface area contributed by atoms with Crippen LogP contribution in [0.25, 0.3) is 0 Å². The number of aryl methyl sites for hydroxylation is 2. The predicted molar refractivity (Wildman–Crippen MR) is 69.6 cm³/mol. The minimum Gasteiger partial charge on any atom is -0.330 e.